The highest BCUT2D eigenvalue weighted by molar-refractivity contribution is 5.53. The smallest absolute Gasteiger partial charge is 0.0992 e. The quantitative estimate of drug-likeness (QED) is 0.751. The van der Waals surface area contributed by atoms with Crippen LogP contribution in [0.4, 0.5) is 5.69 Å². The van der Waals surface area contributed by atoms with Crippen LogP contribution >= 0.6 is 0 Å². The Kier molecular flexibility index (Phi) is 1.33. The number of fused-ring (bicyclic) bond motifs is 1. The maximum atomic E-state index is 4.07. The number of anilines is 1. The van der Waals surface area contributed by atoms with Crippen molar-refractivity contribution >= 4 is 11.2 Å². The molecule has 0 saturated heterocycles. The summed E-state index contributed by atoms with van der Waals surface area (Å²) in [4.78, 5) is 4.07. The van der Waals surface area contributed by atoms with Crippen molar-refractivity contribution in [2.45, 2.75) is 18.9 Å². The summed E-state index contributed by atoms with van der Waals surface area (Å²) in [7, 11) is 0. The van der Waals surface area contributed by atoms with Crippen molar-refractivity contribution in [1.82, 2.24) is 9.38 Å². The number of hydrogen-bond acceptors (Lipinski definition) is 2. The Hall–Kier alpha value is -1.51. The Bertz CT molecular complexity index is 428. The Labute approximate surface area is 76.4 Å². The van der Waals surface area contributed by atoms with E-state index in [9.17, 15) is 0 Å². The van der Waals surface area contributed by atoms with E-state index in [0.29, 0.717) is 6.04 Å². The molecule has 1 fully saturated rings. The van der Waals surface area contributed by atoms with Crippen LogP contribution in [0.3, 0.4) is 0 Å². The molecule has 2 heterocycles. The van der Waals surface area contributed by atoms with Gasteiger partial charge in [0.15, 0.2) is 0 Å². The standard InChI is InChI=1S/C10H11N3/c1-2-8(1)12-9-3-4-10-5-11-7-13(10)6-9/h3-8,12H,1-2H2. The van der Waals surface area contributed by atoms with Gasteiger partial charge in [-0.3, -0.25) is 0 Å². The van der Waals surface area contributed by atoms with E-state index in [2.05, 4.69) is 28.6 Å². The molecule has 1 aliphatic rings. The van der Waals surface area contributed by atoms with Crippen LogP contribution in [0.2, 0.25) is 0 Å². The molecule has 3 heteroatoms. The number of nitrogens with zero attached hydrogens (tertiary/aromatic N) is 2. The number of hydrogen-bond donors (Lipinski definition) is 1. The molecule has 0 bridgehead atoms. The summed E-state index contributed by atoms with van der Waals surface area (Å²) in [6, 6.07) is 4.90. The normalized spacial score (nSPS) is 16.3. The van der Waals surface area contributed by atoms with E-state index in [1.807, 2.05) is 16.9 Å². The van der Waals surface area contributed by atoms with Crippen molar-refractivity contribution in [2.75, 3.05) is 5.32 Å². The lowest BCUT2D eigenvalue weighted by atomic mass is 10.3. The molecular formula is C10H11N3. The third-order valence-electron chi connectivity index (χ3n) is 2.36. The van der Waals surface area contributed by atoms with Crippen LogP contribution in [-0.2, 0) is 0 Å². The van der Waals surface area contributed by atoms with E-state index in [1.165, 1.54) is 18.5 Å². The zero-order valence-electron chi connectivity index (χ0n) is 7.27. The molecule has 0 aromatic carbocycles. The minimum Gasteiger partial charge on any atom is -0.381 e. The van der Waals surface area contributed by atoms with Crippen LogP contribution in [0.15, 0.2) is 30.9 Å². The van der Waals surface area contributed by atoms with Gasteiger partial charge in [-0.05, 0) is 25.0 Å². The third kappa shape index (κ3) is 1.26. The van der Waals surface area contributed by atoms with Crippen molar-refractivity contribution in [3.8, 4) is 0 Å². The van der Waals surface area contributed by atoms with E-state index >= 15 is 0 Å². The largest absolute Gasteiger partial charge is 0.381 e. The number of imidazole rings is 1. The Balaban J connectivity index is 1.99. The maximum absolute atomic E-state index is 4.07. The highest BCUT2D eigenvalue weighted by Gasteiger charge is 2.20. The average Bonchev–Trinajstić information content (AvgIpc) is 2.83. The highest BCUT2D eigenvalue weighted by atomic mass is 15.0. The Morgan fingerprint density at radius 3 is 3.15 bits per heavy atom. The van der Waals surface area contributed by atoms with Crippen molar-refractivity contribution < 1.29 is 0 Å². The molecule has 0 spiro atoms. The lowest BCUT2D eigenvalue weighted by molar-refractivity contribution is 1.11. The summed E-state index contributed by atoms with van der Waals surface area (Å²) in [6.07, 6.45) is 8.39. The van der Waals surface area contributed by atoms with Gasteiger partial charge in [0, 0.05) is 12.2 Å². The van der Waals surface area contributed by atoms with Crippen LogP contribution in [0.1, 0.15) is 12.8 Å². The molecule has 13 heavy (non-hydrogen) atoms. The SMILES string of the molecule is c1cc2cncn2cc1NC1CC1. The zero-order chi connectivity index (χ0) is 8.67. The number of aromatic nitrogens is 2. The lowest BCUT2D eigenvalue weighted by Crippen LogP contribution is -2.01. The van der Waals surface area contributed by atoms with E-state index in [-0.39, 0.29) is 0 Å². The number of nitrogens with one attached hydrogen (secondary N) is 1. The zero-order valence-corrected chi connectivity index (χ0v) is 7.27. The van der Waals surface area contributed by atoms with E-state index in [0.717, 1.165) is 5.52 Å². The molecule has 0 unspecified atom stereocenters. The predicted molar refractivity (Wildman–Crippen MR) is 51.8 cm³/mol. The van der Waals surface area contributed by atoms with Crippen LogP contribution in [-0.4, -0.2) is 15.4 Å². The molecule has 3 rings (SSSR count). The molecule has 3 nitrogen and oxygen atoms in total. The van der Waals surface area contributed by atoms with Gasteiger partial charge in [-0.2, -0.15) is 0 Å². The van der Waals surface area contributed by atoms with Crippen molar-refractivity contribution in [2.24, 2.45) is 0 Å². The monoisotopic (exact) mass is 173 g/mol. The lowest BCUT2D eigenvalue weighted by Gasteiger charge is -2.04. The fraction of sp³-hybridized carbons (Fsp3) is 0.300. The molecule has 0 radical (unpaired) electrons. The minimum absolute atomic E-state index is 0.709. The molecule has 1 aliphatic carbocycles. The molecule has 66 valence electrons. The first-order valence-corrected chi connectivity index (χ1v) is 4.60. The minimum atomic E-state index is 0.709. The van der Waals surface area contributed by atoms with E-state index in [4.69, 9.17) is 0 Å². The topological polar surface area (TPSA) is 29.3 Å². The van der Waals surface area contributed by atoms with Gasteiger partial charge in [0.2, 0.25) is 0 Å². The molecular weight excluding hydrogens is 162 g/mol. The van der Waals surface area contributed by atoms with Gasteiger partial charge in [-0.15, -0.1) is 0 Å². The van der Waals surface area contributed by atoms with Crippen LogP contribution in [0.25, 0.3) is 5.52 Å². The average molecular weight is 173 g/mol. The van der Waals surface area contributed by atoms with Crippen molar-refractivity contribution in [1.29, 1.82) is 0 Å². The van der Waals surface area contributed by atoms with Gasteiger partial charge < -0.3 is 9.72 Å². The summed E-state index contributed by atoms with van der Waals surface area (Å²) < 4.78 is 2.03. The second-order valence-corrected chi connectivity index (χ2v) is 3.56. The second-order valence-electron chi connectivity index (χ2n) is 3.56. The summed E-state index contributed by atoms with van der Waals surface area (Å²) in [6.45, 7) is 0. The fourth-order valence-electron chi connectivity index (χ4n) is 1.47. The van der Waals surface area contributed by atoms with Gasteiger partial charge in [0.05, 0.1) is 23.7 Å². The Morgan fingerprint density at radius 1 is 1.38 bits per heavy atom. The maximum Gasteiger partial charge on any atom is 0.0992 e. The van der Waals surface area contributed by atoms with Crippen LogP contribution in [0, 0.1) is 0 Å². The number of rotatable bonds is 2. The van der Waals surface area contributed by atoms with Crippen molar-refractivity contribution in [3.05, 3.63) is 30.9 Å². The number of pyridine rings is 1. The molecule has 0 amide bonds. The van der Waals surface area contributed by atoms with Crippen molar-refractivity contribution in [3.63, 3.8) is 0 Å². The van der Waals surface area contributed by atoms with Gasteiger partial charge in [0.25, 0.3) is 0 Å². The molecule has 0 aliphatic heterocycles. The summed E-state index contributed by atoms with van der Waals surface area (Å²) in [5.74, 6) is 0. The first kappa shape index (κ1) is 6.95. The van der Waals surface area contributed by atoms with Gasteiger partial charge in [-0.25, -0.2) is 4.98 Å². The second kappa shape index (κ2) is 2.49. The molecule has 2 aromatic heterocycles. The fourth-order valence-corrected chi connectivity index (χ4v) is 1.47. The molecule has 0 atom stereocenters. The molecule has 1 saturated carbocycles. The van der Waals surface area contributed by atoms with E-state index in [1.54, 1.807) is 0 Å². The highest BCUT2D eigenvalue weighted by Crippen LogP contribution is 2.24. The Morgan fingerprint density at radius 2 is 2.31 bits per heavy atom. The summed E-state index contributed by atoms with van der Waals surface area (Å²) in [5.41, 5.74) is 2.33. The van der Waals surface area contributed by atoms with Crippen LogP contribution in [0.5, 0.6) is 0 Å². The molecule has 1 N–H and O–H groups in total. The summed E-state index contributed by atoms with van der Waals surface area (Å²) >= 11 is 0. The predicted octanol–water partition coefficient (Wildman–Crippen LogP) is 1.91. The third-order valence-corrected chi connectivity index (χ3v) is 2.36. The summed E-state index contributed by atoms with van der Waals surface area (Å²) in [5, 5.41) is 3.45. The first-order valence-electron chi connectivity index (χ1n) is 4.60. The van der Waals surface area contributed by atoms with E-state index < -0.39 is 0 Å². The molecule has 2 aromatic rings. The van der Waals surface area contributed by atoms with Gasteiger partial charge >= 0.3 is 0 Å². The van der Waals surface area contributed by atoms with Gasteiger partial charge in [0.1, 0.15) is 0 Å². The van der Waals surface area contributed by atoms with Crippen LogP contribution < -0.4 is 5.32 Å². The first-order chi connectivity index (χ1) is 6.42. The van der Waals surface area contributed by atoms with Gasteiger partial charge in [-0.1, -0.05) is 0 Å².